The molecule has 1 aromatic heterocycles. The zero-order valence-electron chi connectivity index (χ0n) is 16.1. The normalized spacial score (nSPS) is 10.9. The zero-order valence-corrected chi connectivity index (χ0v) is 17.0. The van der Waals surface area contributed by atoms with Crippen molar-refractivity contribution in [1.82, 2.24) is 4.98 Å². The van der Waals surface area contributed by atoms with Crippen LogP contribution in [0.3, 0.4) is 0 Å². The summed E-state index contributed by atoms with van der Waals surface area (Å²) in [4.78, 5) is 15.0. The van der Waals surface area contributed by atoms with Crippen molar-refractivity contribution < 1.29 is 19.4 Å². The number of aryl methyl sites for hydroxylation is 1. The molecule has 1 heterocycles. The van der Waals surface area contributed by atoms with E-state index in [0.717, 1.165) is 17.1 Å². The molecule has 0 aliphatic carbocycles. The highest BCUT2D eigenvalue weighted by Crippen LogP contribution is 2.28. The number of hydrogen-bond donors (Lipinski definition) is 1. The molecule has 0 aliphatic heterocycles. The lowest BCUT2D eigenvalue weighted by Crippen LogP contribution is -2.10. The highest BCUT2D eigenvalue weighted by molar-refractivity contribution is 7.13. The maximum Gasteiger partial charge on any atom is 0.355 e. The van der Waals surface area contributed by atoms with Gasteiger partial charge in [-0.3, -0.25) is 0 Å². The number of aromatic nitrogens is 1. The van der Waals surface area contributed by atoms with E-state index in [1.165, 1.54) is 27.8 Å². The van der Waals surface area contributed by atoms with E-state index in [1.807, 2.05) is 24.3 Å². The Kier molecular flexibility index (Phi) is 6.31. The van der Waals surface area contributed by atoms with Crippen molar-refractivity contribution in [3.8, 4) is 22.1 Å². The third kappa shape index (κ3) is 4.89. The Balaban J connectivity index is 1.54. The number of thiazole rings is 1. The van der Waals surface area contributed by atoms with Crippen LogP contribution in [0.1, 0.15) is 41.4 Å². The van der Waals surface area contributed by atoms with E-state index < -0.39 is 5.97 Å². The molecule has 2 aromatic carbocycles. The summed E-state index contributed by atoms with van der Waals surface area (Å²) in [7, 11) is 0. The number of rotatable bonds is 8. The number of carboxylic acids is 1. The number of aromatic carboxylic acids is 1. The smallest absolute Gasteiger partial charge is 0.355 e. The summed E-state index contributed by atoms with van der Waals surface area (Å²) in [6.45, 7) is 7.25. The van der Waals surface area contributed by atoms with E-state index in [2.05, 4.69) is 44.0 Å². The molecule has 0 saturated carbocycles. The van der Waals surface area contributed by atoms with Gasteiger partial charge in [-0.15, -0.1) is 11.3 Å². The lowest BCUT2D eigenvalue weighted by molar-refractivity contribution is 0.0691. The van der Waals surface area contributed by atoms with E-state index in [0.29, 0.717) is 24.1 Å². The van der Waals surface area contributed by atoms with Crippen molar-refractivity contribution in [2.24, 2.45) is 0 Å². The van der Waals surface area contributed by atoms with Crippen LogP contribution in [-0.4, -0.2) is 29.3 Å². The molecule has 0 bridgehead atoms. The molecular weight excluding hydrogens is 374 g/mol. The first-order valence-corrected chi connectivity index (χ1v) is 9.97. The molecule has 0 radical (unpaired) electrons. The molecule has 0 atom stereocenters. The molecule has 3 rings (SSSR count). The second-order valence-corrected chi connectivity index (χ2v) is 7.62. The minimum absolute atomic E-state index is 0.0643. The van der Waals surface area contributed by atoms with Gasteiger partial charge in [0, 0.05) is 10.9 Å². The molecule has 5 nitrogen and oxygen atoms in total. The largest absolute Gasteiger partial charge is 0.490 e. The maximum absolute atomic E-state index is 10.9. The molecular formula is C22H23NO4S. The van der Waals surface area contributed by atoms with E-state index in [1.54, 1.807) is 0 Å². The number of carbonyl (C=O) groups is 1. The summed E-state index contributed by atoms with van der Waals surface area (Å²) in [6.07, 6.45) is 0. The topological polar surface area (TPSA) is 68.7 Å². The van der Waals surface area contributed by atoms with Crippen molar-refractivity contribution in [2.75, 3.05) is 13.2 Å². The highest BCUT2D eigenvalue weighted by Gasteiger charge is 2.10. The number of nitrogens with zero attached hydrogens (tertiary/aromatic N) is 1. The standard InChI is InChI=1S/C22H23NO4S/c1-14(2)18-9-4-15(3)12-20(18)27-11-10-26-17-7-5-16(6-8-17)21-23-19(13-28-21)22(24)25/h4-9,12-14H,10-11H2,1-3H3,(H,24,25). The summed E-state index contributed by atoms with van der Waals surface area (Å²) in [5, 5.41) is 11.2. The molecule has 0 amide bonds. The quantitative estimate of drug-likeness (QED) is 0.516. The first-order chi connectivity index (χ1) is 13.4. The minimum Gasteiger partial charge on any atom is -0.490 e. The third-order valence-electron chi connectivity index (χ3n) is 4.23. The van der Waals surface area contributed by atoms with Gasteiger partial charge in [-0.25, -0.2) is 9.78 Å². The van der Waals surface area contributed by atoms with E-state index in [9.17, 15) is 4.79 Å². The van der Waals surface area contributed by atoms with Gasteiger partial charge in [0.25, 0.3) is 0 Å². The third-order valence-corrected chi connectivity index (χ3v) is 5.12. The van der Waals surface area contributed by atoms with Crippen molar-refractivity contribution in [3.05, 3.63) is 64.7 Å². The second kappa shape index (κ2) is 8.89. The molecule has 0 unspecified atom stereocenters. The predicted octanol–water partition coefficient (Wildman–Crippen LogP) is 5.40. The molecule has 3 aromatic rings. The van der Waals surface area contributed by atoms with Gasteiger partial charge in [-0.1, -0.05) is 26.0 Å². The van der Waals surface area contributed by atoms with Crippen molar-refractivity contribution in [2.45, 2.75) is 26.7 Å². The molecule has 28 heavy (non-hydrogen) atoms. The van der Waals surface area contributed by atoms with Gasteiger partial charge in [0.15, 0.2) is 5.69 Å². The van der Waals surface area contributed by atoms with Crippen molar-refractivity contribution in [1.29, 1.82) is 0 Å². The van der Waals surface area contributed by atoms with Crippen LogP contribution in [-0.2, 0) is 0 Å². The SMILES string of the molecule is Cc1ccc(C(C)C)c(OCCOc2ccc(-c3nc(C(=O)O)cs3)cc2)c1. The number of benzene rings is 2. The van der Waals surface area contributed by atoms with Crippen LogP contribution in [0.15, 0.2) is 47.8 Å². The van der Waals surface area contributed by atoms with Crippen LogP contribution >= 0.6 is 11.3 Å². The summed E-state index contributed by atoms with van der Waals surface area (Å²) in [5.74, 6) is 1.02. The monoisotopic (exact) mass is 397 g/mol. The lowest BCUT2D eigenvalue weighted by Gasteiger charge is -2.15. The van der Waals surface area contributed by atoms with E-state index >= 15 is 0 Å². The van der Waals surface area contributed by atoms with Crippen LogP contribution in [0, 0.1) is 6.92 Å². The summed E-state index contributed by atoms with van der Waals surface area (Å²) in [6, 6.07) is 13.7. The van der Waals surface area contributed by atoms with Gasteiger partial charge in [0.2, 0.25) is 0 Å². The fraction of sp³-hybridized carbons (Fsp3) is 0.273. The number of ether oxygens (including phenoxy) is 2. The lowest BCUT2D eigenvalue weighted by atomic mass is 10.0. The Hall–Kier alpha value is -2.86. The Morgan fingerprint density at radius 3 is 2.46 bits per heavy atom. The van der Waals surface area contributed by atoms with Crippen LogP contribution in [0.25, 0.3) is 10.6 Å². The minimum atomic E-state index is -1.02. The highest BCUT2D eigenvalue weighted by atomic mass is 32.1. The maximum atomic E-state index is 10.9. The molecule has 0 fully saturated rings. The molecule has 0 spiro atoms. The van der Waals surface area contributed by atoms with Gasteiger partial charge in [-0.05, 0) is 54.3 Å². The summed E-state index contributed by atoms with van der Waals surface area (Å²) in [5.41, 5.74) is 3.29. The molecule has 6 heteroatoms. The van der Waals surface area contributed by atoms with Crippen LogP contribution in [0.2, 0.25) is 0 Å². The molecule has 1 N–H and O–H groups in total. The zero-order chi connectivity index (χ0) is 20.1. The average Bonchev–Trinajstić information content (AvgIpc) is 3.16. The van der Waals surface area contributed by atoms with Gasteiger partial charge in [0.05, 0.1) is 0 Å². The van der Waals surface area contributed by atoms with Crippen LogP contribution in [0.5, 0.6) is 11.5 Å². The average molecular weight is 397 g/mol. The first kappa shape index (κ1) is 19.9. The Labute approximate surface area is 168 Å². The summed E-state index contributed by atoms with van der Waals surface area (Å²) < 4.78 is 11.7. The van der Waals surface area contributed by atoms with E-state index in [4.69, 9.17) is 14.6 Å². The van der Waals surface area contributed by atoms with E-state index in [-0.39, 0.29) is 5.69 Å². The number of hydrogen-bond acceptors (Lipinski definition) is 5. The van der Waals surface area contributed by atoms with Gasteiger partial charge in [-0.2, -0.15) is 0 Å². The Bertz CT molecular complexity index is 947. The van der Waals surface area contributed by atoms with Gasteiger partial charge < -0.3 is 14.6 Å². The Morgan fingerprint density at radius 1 is 1.11 bits per heavy atom. The van der Waals surface area contributed by atoms with Crippen molar-refractivity contribution in [3.63, 3.8) is 0 Å². The molecule has 146 valence electrons. The predicted molar refractivity (Wildman–Crippen MR) is 111 cm³/mol. The fourth-order valence-corrected chi connectivity index (χ4v) is 3.55. The second-order valence-electron chi connectivity index (χ2n) is 6.76. The summed E-state index contributed by atoms with van der Waals surface area (Å²) >= 11 is 1.31. The van der Waals surface area contributed by atoms with Gasteiger partial charge in [0.1, 0.15) is 29.7 Å². The van der Waals surface area contributed by atoms with Crippen molar-refractivity contribution >= 4 is 17.3 Å². The fourth-order valence-electron chi connectivity index (χ4n) is 2.75. The number of carboxylic acid groups (broad SMARTS) is 1. The molecule has 0 saturated heterocycles. The van der Waals surface area contributed by atoms with Crippen LogP contribution in [0.4, 0.5) is 0 Å². The van der Waals surface area contributed by atoms with Crippen LogP contribution < -0.4 is 9.47 Å². The molecule has 0 aliphatic rings. The van der Waals surface area contributed by atoms with Gasteiger partial charge >= 0.3 is 5.97 Å². The Morgan fingerprint density at radius 2 is 1.82 bits per heavy atom. The first-order valence-electron chi connectivity index (χ1n) is 9.09.